The molecular formula is C25H25F4N7O3. The number of ether oxygens (including phenoxy) is 1. The average Bonchev–Trinajstić information content (AvgIpc) is 2.86. The van der Waals surface area contributed by atoms with E-state index in [1.54, 1.807) is 0 Å². The Kier molecular flexibility index (Phi) is 8.14. The maximum atomic E-state index is 14.8. The predicted octanol–water partition coefficient (Wildman–Crippen LogP) is 4.29. The van der Waals surface area contributed by atoms with Gasteiger partial charge in [-0.15, -0.1) is 13.2 Å². The van der Waals surface area contributed by atoms with Crippen molar-refractivity contribution in [2.45, 2.75) is 44.1 Å². The fourth-order valence-corrected chi connectivity index (χ4v) is 4.11. The van der Waals surface area contributed by atoms with Crippen LogP contribution in [0.4, 0.5) is 40.6 Å². The van der Waals surface area contributed by atoms with E-state index < -0.39 is 29.7 Å². The van der Waals surface area contributed by atoms with Gasteiger partial charge in [0.2, 0.25) is 0 Å². The van der Waals surface area contributed by atoms with Gasteiger partial charge in [0.25, 0.3) is 11.8 Å². The van der Waals surface area contributed by atoms with Crippen molar-refractivity contribution in [2.24, 2.45) is 11.5 Å². The molecule has 0 bridgehead atoms. The Hall–Kier alpha value is -4.46. The second-order valence-corrected chi connectivity index (χ2v) is 8.89. The molecule has 3 aromatic rings. The standard InChI is InChI=1S/C25H25F4N7O3/c26-18-10-17(21(31)37)22(36-23(18)35-20-4-2-1-3-19(20)30)33-14-9-15(12-32-11-14)34-24(38)13-5-7-16(8-6-13)39-25(27,28)29/h5-12,19-20H,1-4,30H2,(H2,31,37)(H,34,38)(H2,33,35,36)/t19-,20+/m0/s1. The third-order valence-corrected chi connectivity index (χ3v) is 5.99. The third-order valence-electron chi connectivity index (χ3n) is 5.99. The van der Waals surface area contributed by atoms with Gasteiger partial charge < -0.3 is 32.2 Å². The molecule has 206 valence electrons. The van der Waals surface area contributed by atoms with Crippen LogP contribution in [-0.4, -0.2) is 40.2 Å². The minimum Gasteiger partial charge on any atom is -0.406 e. The number of pyridine rings is 2. The summed E-state index contributed by atoms with van der Waals surface area (Å²) in [6, 6.07) is 6.42. The molecule has 39 heavy (non-hydrogen) atoms. The molecule has 1 saturated carbocycles. The number of carbonyl (C=O) groups is 2. The van der Waals surface area contributed by atoms with Gasteiger partial charge in [0.05, 0.1) is 29.3 Å². The minimum absolute atomic E-state index is 0.0405. The molecule has 1 aliphatic carbocycles. The highest BCUT2D eigenvalue weighted by Crippen LogP contribution is 2.28. The van der Waals surface area contributed by atoms with E-state index in [0.717, 1.165) is 43.9 Å². The molecule has 4 rings (SSSR count). The van der Waals surface area contributed by atoms with Crippen molar-refractivity contribution in [1.82, 2.24) is 9.97 Å². The SMILES string of the molecule is NC(=O)c1cc(F)c(N[C@@H]2CCCC[C@@H]2N)nc1Nc1cncc(NC(=O)c2ccc(OC(F)(F)F)cc2)c1. The first-order valence-corrected chi connectivity index (χ1v) is 11.9. The summed E-state index contributed by atoms with van der Waals surface area (Å²) in [5.41, 5.74) is 11.9. The molecule has 1 fully saturated rings. The van der Waals surface area contributed by atoms with Crippen LogP contribution in [0.5, 0.6) is 5.75 Å². The van der Waals surface area contributed by atoms with Crippen molar-refractivity contribution in [1.29, 1.82) is 0 Å². The summed E-state index contributed by atoms with van der Waals surface area (Å²) in [4.78, 5) is 32.8. The summed E-state index contributed by atoms with van der Waals surface area (Å²) in [7, 11) is 0. The number of halogens is 4. The number of hydrogen-bond acceptors (Lipinski definition) is 8. The van der Waals surface area contributed by atoms with Gasteiger partial charge in [0.1, 0.15) is 11.6 Å². The van der Waals surface area contributed by atoms with Crippen LogP contribution >= 0.6 is 0 Å². The molecule has 2 atom stereocenters. The topological polar surface area (TPSA) is 157 Å². The molecule has 7 N–H and O–H groups in total. The number of nitrogens with two attached hydrogens (primary N) is 2. The molecule has 2 aromatic heterocycles. The molecule has 0 aliphatic heterocycles. The largest absolute Gasteiger partial charge is 0.573 e. The monoisotopic (exact) mass is 547 g/mol. The number of anilines is 4. The predicted molar refractivity (Wildman–Crippen MR) is 135 cm³/mol. The van der Waals surface area contributed by atoms with Crippen LogP contribution in [0, 0.1) is 5.82 Å². The van der Waals surface area contributed by atoms with E-state index in [0.29, 0.717) is 0 Å². The Morgan fingerprint density at radius 2 is 1.69 bits per heavy atom. The van der Waals surface area contributed by atoms with Gasteiger partial charge >= 0.3 is 6.36 Å². The highest BCUT2D eigenvalue weighted by atomic mass is 19.4. The number of carbonyl (C=O) groups excluding carboxylic acids is 2. The highest BCUT2D eigenvalue weighted by molar-refractivity contribution is 6.04. The molecule has 2 heterocycles. The first-order chi connectivity index (χ1) is 18.5. The number of hydrogen-bond donors (Lipinski definition) is 5. The van der Waals surface area contributed by atoms with Crippen LogP contribution in [0.2, 0.25) is 0 Å². The van der Waals surface area contributed by atoms with Gasteiger partial charge in [-0.1, -0.05) is 12.8 Å². The Morgan fingerprint density at radius 3 is 2.36 bits per heavy atom. The Balaban J connectivity index is 1.50. The smallest absolute Gasteiger partial charge is 0.406 e. The zero-order valence-electron chi connectivity index (χ0n) is 20.4. The number of aromatic nitrogens is 2. The molecule has 14 heteroatoms. The summed E-state index contributed by atoms with van der Waals surface area (Å²) in [5, 5.41) is 8.45. The summed E-state index contributed by atoms with van der Waals surface area (Å²) in [6.07, 6.45) is 1.31. The molecule has 0 saturated heterocycles. The second kappa shape index (κ2) is 11.5. The zero-order valence-corrected chi connectivity index (χ0v) is 20.4. The molecule has 10 nitrogen and oxygen atoms in total. The fraction of sp³-hybridized carbons (Fsp3) is 0.280. The van der Waals surface area contributed by atoms with Crippen LogP contribution in [-0.2, 0) is 0 Å². The van der Waals surface area contributed by atoms with E-state index in [4.69, 9.17) is 11.5 Å². The van der Waals surface area contributed by atoms with Crippen LogP contribution < -0.4 is 32.2 Å². The van der Waals surface area contributed by atoms with Crippen LogP contribution in [0.25, 0.3) is 0 Å². The number of nitrogens with one attached hydrogen (secondary N) is 3. The van der Waals surface area contributed by atoms with Crippen LogP contribution in [0.3, 0.4) is 0 Å². The van der Waals surface area contributed by atoms with E-state index in [9.17, 15) is 27.2 Å². The first kappa shape index (κ1) is 27.6. The van der Waals surface area contributed by atoms with Gasteiger partial charge in [-0.3, -0.25) is 14.6 Å². The molecule has 0 spiro atoms. The number of alkyl halides is 3. The Morgan fingerprint density at radius 1 is 1.00 bits per heavy atom. The zero-order chi connectivity index (χ0) is 28.2. The van der Waals surface area contributed by atoms with Gasteiger partial charge in [-0.2, -0.15) is 0 Å². The summed E-state index contributed by atoms with van der Waals surface area (Å²) in [6.45, 7) is 0. The molecule has 2 amide bonds. The van der Waals surface area contributed by atoms with E-state index in [2.05, 4.69) is 30.7 Å². The Labute approximate surface area is 220 Å². The molecule has 1 aromatic carbocycles. The quantitative estimate of drug-likeness (QED) is 0.261. The van der Waals surface area contributed by atoms with Crippen LogP contribution in [0.15, 0.2) is 48.8 Å². The number of rotatable bonds is 8. The first-order valence-electron chi connectivity index (χ1n) is 11.9. The Bertz CT molecular complexity index is 1350. The van der Waals surface area contributed by atoms with Gasteiger partial charge in [0.15, 0.2) is 11.6 Å². The normalized spacial score (nSPS) is 17.3. The van der Waals surface area contributed by atoms with Crippen molar-refractivity contribution in [3.05, 3.63) is 65.7 Å². The van der Waals surface area contributed by atoms with E-state index in [-0.39, 0.29) is 46.2 Å². The summed E-state index contributed by atoms with van der Waals surface area (Å²) >= 11 is 0. The third kappa shape index (κ3) is 7.31. The molecule has 0 radical (unpaired) electrons. The number of benzene rings is 1. The second-order valence-electron chi connectivity index (χ2n) is 8.89. The molecular weight excluding hydrogens is 522 g/mol. The molecule has 0 unspecified atom stereocenters. The highest BCUT2D eigenvalue weighted by Gasteiger charge is 2.31. The van der Waals surface area contributed by atoms with E-state index in [1.807, 2.05) is 0 Å². The van der Waals surface area contributed by atoms with E-state index >= 15 is 0 Å². The van der Waals surface area contributed by atoms with Crippen molar-refractivity contribution >= 4 is 34.8 Å². The average molecular weight is 548 g/mol. The van der Waals surface area contributed by atoms with Gasteiger partial charge in [-0.05, 0) is 49.2 Å². The lowest BCUT2D eigenvalue weighted by molar-refractivity contribution is -0.274. The van der Waals surface area contributed by atoms with Crippen molar-refractivity contribution in [2.75, 3.05) is 16.0 Å². The summed E-state index contributed by atoms with van der Waals surface area (Å²) in [5.74, 6) is -2.91. The minimum atomic E-state index is -4.85. The van der Waals surface area contributed by atoms with Crippen molar-refractivity contribution in [3.63, 3.8) is 0 Å². The lowest BCUT2D eigenvalue weighted by atomic mass is 9.91. The number of primary amides is 1. The van der Waals surface area contributed by atoms with Crippen LogP contribution in [0.1, 0.15) is 46.4 Å². The fourth-order valence-electron chi connectivity index (χ4n) is 4.11. The summed E-state index contributed by atoms with van der Waals surface area (Å²) < 4.78 is 55.6. The van der Waals surface area contributed by atoms with Crippen molar-refractivity contribution in [3.8, 4) is 5.75 Å². The lowest BCUT2D eigenvalue weighted by Crippen LogP contribution is -2.43. The maximum Gasteiger partial charge on any atom is 0.573 e. The van der Waals surface area contributed by atoms with E-state index in [1.165, 1.54) is 30.6 Å². The van der Waals surface area contributed by atoms with Gasteiger partial charge in [-0.25, -0.2) is 9.37 Å². The molecule has 1 aliphatic rings. The van der Waals surface area contributed by atoms with Crippen molar-refractivity contribution < 1.29 is 31.9 Å². The lowest BCUT2D eigenvalue weighted by Gasteiger charge is -2.30. The van der Waals surface area contributed by atoms with Gasteiger partial charge in [0, 0.05) is 17.6 Å². The number of amides is 2. The maximum absolute atomic E-state index is 14.8. The number of nitrogens with zero attached hydrogens (tertiary/aromatic N) is 2.